The molecule has 0 saturated heterocycles. The second-order valence-corrected chi connectivity index (χ2v) is 10.0. The van der Waals surface area contributed by atoms with Crippen molar-refractivity contribution in [2.75, 3.05) is 7.11 Å². The Morgan fingerprint density at radius 2 is 1.11 bits per heavy atom. The lowest BCUT2D eigenvalue weighted by atomic mass is 10.3. The number of hydrogen-bond acceptors (Lipinski definition) is 3. The van der Waals surface area contributed by atoms with E-state index in [1.54, 1.807) is 0 Å². The van der Waals surface area contributed by atoms with E-state index < -0.39 is 20.0 Å². The van der Waals surface area contributed by atoms with Crippen molar-refractivity contribution in [2.24, 2.45) is 0 Å². The van der Waals surface area contributed by atoms with Crippen molar-refractivity contribution in [1.82, 2.24) is 0 Å². The number of carboxylic acids is 1. The van der Waals surface area contributed by atoms with Crippen LogP contribution in [0.2, 0.25) is 0 Å². The molecule has 0 unspecified atom stereocenters. The highest BCUT2D eigenvalue weighted by atomic mass is 28.3. The highest BCUT2D eigenvalue weighted by Gasteiger charge is 2.46. The van der Waals surface area contributed by atoms with Crippen molar-refractivity contribution < 1.29 is 19.4 Å². The summed E-state index contributed by atoms with van der Waals surface area (Å²) in [5, 5.41) is 12.5. The molecule has 0 radical (unpaired) electrons. The van der Waals surface area contributed by atoms with Crippen LogP contribution in [-0.4, -0.2) is 32.2 Å². The number of carbonyl (C=O) groups excluding carboxylic acids is 1. The van der Waals surface area contributed by atoms with Gasteiger partial charge in [-0.25, -0.2) is 9.59 Å². The van der Waals surface area contributed by atoms with Crippen LogP contribution in [0.15, 0.2) is 102 Å². The quantitative estimate of drug-likeness (QED) is 0.303. The van der Waals surface area contributed by atoms with Gasteiger partial charge in [-0.3, -0.25) is 0 Å². The minimum atomic E-state index is -3.19. The van der Waals surface area contributed by atoms with Crippen LogP contribution in [0, 0.1) is 0 Å². The molecule has 0 atom stereocenters. The summed E-state index contributed by atoms with van der Waals surface area (Å²) in [6, 6.07) is 28.8. The Morgan fingerprint density at radius 1 is 0.750 bits per heavy atom. The number of rotatable bonds is 6. The summed E-state index contributed by atoms with van der Waals surface area (Å²) in [4.78, 5) is 24.6. The maximum atomic E-state index is 12.9. The molecule has 0 bridgehead atoms. The molecule has 3 aromatic carbocycles. The van der Waals surface area contributed by atoms with Crippen molar-refractivity contribution >= 4 is 35.6 Å². The largest absolute Gasteiger partial charge is 0.478 e. The summed E-state index contributed by atoms with van der Waals surface area (Å²) in [6.07, 6.45) is 1.01. The van der Waals surface area contributed by atoms with Crippen LogP contribution in [0.3, 0.4) is 0 Å². The Balaban J connectivity index is 2.50. The van der Waals surface area contributed by atoms with Crippen molar-refractivity contribution in [3.8, 4) is 0 Å². The molecule has 4 nitrogen and oxygen atoms in total. The molecule has 0 aliphatic heterocycles. The SMILES string of the molecule is COC(=O)/C(=C\C(=O)O)[Si](c1ccccc1)(c1ccccc1)c1ccccc1. The lowest BCUT2D eigenvalue weighted by Gasteiger charge is -2.34. The average molecular weight is 388 g/mol. The number of carboxylic acid groups (broad SMARTS) is 1. The highest BCUT2D eigenvalue weighted by Crippen LogP contribution is 2.19. The molecule has 0 amide bonds. The van der Waals surface area contributed by atoms with Crippen LogP contribution in [0.1, 0.15) is 0 Å². The van der Waals surface area contributed by atoms with Crippen LogP contribution in [0.4, 0.5) is 0 Å². The second-order valence-electron chi connectivity index (χ2n) is 6.24. The van der Waals surface area contributed by atoms with E-state index in [-0.39, 0.29) is 5.20 Å². The summed E-state index contributed by atoms with van der Waals surface area (Å²) in [7, 11) is -1.92. The molecule has 0 fully saturated rings. The van der Waals surface area contributed by atoms with E-state index >= 15 is 0 Å². The number of esters is 1. The molecular formula is C23H20O4Si. The van der Waals surface area contributed by atoms with E-state index in [4.69, 9.17) is 4.74 Å². The smallest absolute Gasteiger partial charge is 0.331 e. The first-order valence-corrected chi connectivity index (χ1v) is 10.8. The van der Waals surface area contributed by atoms with Gasteiger partial charge in [0.2, 0.25) is 0 Å². The molecule has 3 rings (SSSR count). The first-order valence-electron chi connectivity index (χ1n) is 8.80. The third-order valence-corrected chi connectivity index (χ3v) is 9.45. The first kappa shape index (κ1) is 19.3. The van der Waals surface area contributed by atoms with Gasteiger partial charge in [0.1, 0.15) is 0 Å². The van der Waals surface area contributed by atoms with Gasteiger partial charge >= 0.3 is 11.9 Å². The predicted molar refractivity (Wildman–Crippen MR) is 112 cm³/mol. The van der Waals surface area contributed by atoms with Crippen molar-refractivity contribution in [3.63, 3.8) is 0 Å². The summed E-state index contributed by atoms with van der Waals surface area (Å²) < 4.78 is 5.05. The number of ether oxygens (including phenoxy) is 1. The molecule has 140 valence electrons. The van der Waals surface area contributed by atoms with Gasteiger partial charge in [0.05, 0.1) is 7.11 Å². The highest BCUT2D eigenvalue weighted by molar-refractivity contribution is 7.18. The summed E-state index contributed by atoms with van der Waals surface area (Å²) in [5.41, 5.74) is 0. The maximum Gasteiger partial charge on any atom is 0.331 e. The number of carbonyl (C=O) groups is 2. The molecule has 5 heteroatoms. The molecule has 28 heavy (non-hydrogen) atoms. The van der Waals surface area contributed by atoms with E-state index in [0.717, 1.165) is 21.6 Å². The van der Waals surface area contributed by atoms with E-state index in [9.17, 15) is 14.7 Å². The lowest BCUT2D eigenvalue weighted by Crippen LogP contribution is -2.70. The standard InChI is InChI=1S/C23H20O4Si/c1-27-23(26)21(17-22(24)25)28(18-11-5-2-6-12-18,19-13-7-3-8-14-19)20-15-9-4-10-16-20/h2-17H,1H3,(H,24,25)/b21-17+. The zero-order chi connectivity index (χ0) is 20.0. The molecule has 0 heterocycles. The van der Waals surface area contributed by atoms with E-state index in [2.05, 4.69) is 0 Å². The van der Waals surface area contributed by atoms with Gasteiger partial charge < -0.3 is 9.84 Å². The topological polar surface area (TPSA) is 63.6 Å². The van der Waals surface area contributed by atoms with Gasteiger partial charge in [0.25, 0.3) is 0 Å². The summed E-state index contributed by atoms with van der Waals surface area (Å²) in [5.74, 6) is -1.81. The van der Waals surface area contributed by atoms with Crippen LogP contribution in [-0.2, 0) is 14.3 Å². The number of methoxy groups -OCH3 is 1. The lowest BCUT2D eigenvalue weighted by molar-refractivity contribution is -0.136. The predicted octanol–water partition coefficient (Wildman–Crippen LogP) is 1.88. The van der Waals surface area contributed by atoms with Gasteiger partial charge in [-0.15, -0.1) is 0 Å². The Bertz CT molecular complexity index is 886. The van der Waals surface area contributed by atoms with Gasteiger partial charge in [-0.2, -0.15) is 0 Å². The molecule has 1 N–H and O–H groups in total. The molecule has 0 aromatic heterocycles. The minimum Gasteiger partial charge on any atom is -0.478 e. The van der Waals surface area contributed by atoms with Crippen LogP contribution >= 0.6 is 0 Å². The maximum absolute atomic E-state index is 12.9. The Morgan fingerprint density at radius 3 is 1.39 bits per heavy atom. The van der Waals surface area contributed by atoms with Gasteiger partial charge in [-0.05, 0) is 15.6 Å². The van der Waals surface area contributed by atoms with Crippen molar-refractivity contribution in [3.05, 3.63) is 102 Å². The molecular weight excluding hydrogens is 368 g/mol. The Labute approximate surface area is 164 Å². The molecule has 0 aliphatic carbocycles. The third-order valence-electron chi connectivity index (χ3n) is 4.70. The number of hydrogen-bond donors (Lipinski definition) is 1. The first-order chi connectivity index (χ1) is 13.6. The van der Waals surface area contributed by atoms with Crippen LogP contribution in [0.5, 0.6) is 0 Å². The molecule has 3 aromatic rings. The van der Waals surface area contributed by atoms with Gasteiger partial charge in [0.15, 0.2) is 8.07 Å². The van der Waals surface area contributed by atoms with Gasteiger partial charge in [-0.1, -0.05) is 91.0 Å². The zero-order valence-electron chi connectivity index (χ0n) is 15.4. The van der Waals surface area contributed by atoms with Crippen molar-refractivity contribution in [2.45, 2.75) is 0 Å². The zero-order valence-corrected chi connectivity index (χ0v) is 16.4. The van der Waals surface area contributed by atoms with E-state index in [1.807, 2.05) is 91.0 Å². The van der Waals surface area contributed by atoms with Crippen LogP contribution in [0.25, 0.3) is 0 Å². The average Bonchev–Trinajstić information content (AvgIpc) is 2.75. The van der Waals surface area contributed by atoms with E-state index in [0.29, 0.717) is 0 Å². The summed E-state index contributed by atoms with van der Waals surface area (Å²) in [6.45, 7) is 0. The molecule has 0 saturated carbocycles. The van der Waals surface area contributed by atoms with Gasteiger partial charge in [0, 0.05) is 11.3 Å². The molecule has 0 aliphatic rings. The fourth-order valence-electron chi connectivity index (χ4n) is 3.58. The Hall–Kier alpha value is -3.44. The number of benzene rings is 3. The monoisotopic (exact) mass is 388 g/mol. The fraction of sp³-hybridized carbons (Fsp3) is 0.0435. The third kappa shape index (κ3) is 3.52. The normalized spacial score (nSPS) is 11.7. The molecule has 0 spiro atoms. The van der Waals surface area contributed by atoms with Crippen LogP contribution < -0.4 is 15.6 Å². The Kier molecular flexibility index (Phi) is 5.86. The second kappa shape index (κ2) is 8.50. The minimum absolute atomic E-state index is 0.172. The number of aliphatic carboxylic acids is 1. The van der Waals surface area contributed by atoms with Crippen molar-refractivity contribution in [1.29, 1.82) is 0 Å². The summed E-state index contributed by atoms with van der Waals surface area (Å²) >= 11 is 0. The fourth-order valence-corrected chi connectivity index (χ4v) is 8.34. The van der Waals surface area contributed by atoms with E-state index in [1.165, 1.54) is 7.11 Å².